The lowest BCUT2D eigenvalue weighted by Crippen LogP contribution is -2.82. The minimum Gasteiger partial charge on any atom is -0.497 e. The summed E-state index contributed by atoms with van der Waals surface area (Å²) in [6, 6.07) is 17.7. The zero-order valence-corrected chi connectivity index (χ0v) is 53.6. The minimum absolute atomic E-state index is 0.0714. The molecule has 20 nitrogen and oxygen atoms in total. The topological polar surface area (TPSA) is 229 Å². The fraction of sp³-hybridized carbons (Fsp3) is 0.636. The van der Waals surface area contributed by atoms with E-state index in [9.17, 15) is 14.7 Å². The van der Waals surface area contributed by atoms with E-state index in [-0.39, 0.29) is 35.8 Å². The molecule has 0 spiro atoms. The number of rotatable bonds is 15. The first kappa shape index (κ1) is 63.9. The maximum Gasteiger partial charge on any atom is 0.413 e. The summed E-state index contributed by atoms with van der Waals surface area (Å²) in [6.07, 6.45) is -4.15. The quantitative estimate of drug-likeness (QED) is 0.0645. The molecule has 2 saturated carbocycles. The first-order valence-corrected chi connectivity index (χ1v) is 33.8. The van der Waals surface area contributed by atoms with Gasteiger partial charge in [-0.3, -0.25) is 14.5 Å². The van der Waals surface area contributed by atoms with Crippen LogP contribution >= 0.6 is 0 Å². The van der Waals surface area contributed by atoms with Crippen LogP contribution in [0.1, 0.15) is 155 Å². The van der Waals surface area contributed by atoms with Gasteiger partial charge in [-0.05, 0) is 133 Å². The van der Waals surface area contributed by atoms with E-state index in [1.54, 1.807) is 114 Å². The molecule has 1 N–H and O–H groups in total. The Morgan fingerprint density at radius 2 is 1.49 bits per heavy atom. The molecule has 7 aliphatic rings. The van der Waals surface area contributed by atoms with Crippen molar-refractivity contribution in [3.05, 3.63) is 101 Å². The molecule has 474 valence electrons. The summed E-state index contributed by atoms with van der Waals surface area (Å²) >= 11 is 0. The second-order valence-corrected chi connectivity index (χ2v) is 31.4. The molecule has 2 bridgehead atoms. The zero-order valence-electron chi connectivity index (χ0n) is 52.6. The Balaban J connectivity index is 1.15. The number of ether oxygens (including phenoxy) is 8. The van der Waals surface area contributed by atoms with Crippen molar-refractivity contribution in [2.24, 2.45) is 16.7 Å². The first-order valence-electron chi connectivity index (χ1n) is 31.3. The van der Waals surface area contributed by atoms with Gasteiger partial charge in [-0.1, -0.05) is 71.4 Å². The lowest BCUT2D eigenvalue weighted by Gasteiger charge is -2.68. The fourth-order valence-corrected chi connectivity index (χ4v) is 18.4. The number of hydrogen-bond acceptors (Lipinski definition) is 18. The molecule has 21 heteroatoms. The summed E-state index contributed by atoms with van der Waals surface area (Å²) in [5.74, 6) is -4.11. The summed E-state index contributed by atoms with van der Waals surface area (Å²) in [6.45, 7) is 21.9. The largest absolute Gasteiger partial charge is 0.497 e. The SMILES string of the molecule is CC[Si](CC)(CC)O[C@H]1C[C@H]2OC[C@@]2(OC(C)=O)C2[C@H](OC(=O)c3ccccc3)[C@]3(O)C[C@H](OC(=O)[C@@H]4OC(c5ccc(OC)cc5)N(C(=O)OC(C)(C)C)[C@H]4c4ccoc4)C(C)=C([C@@H](OC(=O)N4CCC(N5CCCCC5)CC4)C(=O)[C@@]21C)C3(C)C. The number of carbonyl (C=O) groups excluding carboxylic acids is 6. The Hall–Kier alpha value is -6.10. The number of Topliss-reactive ketones (excluding diaryl/α,β-unsaturated/α-hetero) is 1. The Morgan fingerprint density at radius 1 is 0.828 bits per heavy atom. The van der Waals surface area contributed by atoms with E-state index in [0.29, 0.717) is 60.9 Å². The third-order valence-corrected chi connectivity index (χ3v) is 25.2. The molecule has 87 heavy (non-hydrogen) atoms. The van der Waals surface area contributed by atoms with Crippen molar-refractivity contribution < 1.29 is 80.6 Å². The van der Waals surface area contributed by atoms with Gasteiger partial charge in [0, 0.05) is 55.4 Å². The summed E-state index contributed by atoms with van der Waals surface area (Å²) < 4.78 is 64.8. The van der Waals surface area contributed by atoms with Crippen molar-refractivity contribution in [1.82, 2.24) is 14.7 Å². The van der Waals surface area contributed by atoms with Gasteiger partial charge in [0.25, 0.3) is 0 Å². The van der Waals surface area contributed by atoms with Gasteiger partial charge < -0.3 is 61.6 Å². The minimum atomic E-state index is -2.72. The van der Waals surface area contributed by atoms with E-state index in [2.05, 4.69) is 25.7 Å². The Kier molecular flexibility index (Phi) is 18.1. The second kappa shape index (κ2) is 24.7. The number of furan rings is 1. The summed E-state index contributed by atoms with van der Waals surface area (Å²) in [4.78, 5) is 97.4. The third kappa shape index (κ3) is 11.5. The number of carbonyl (C=O) groups is 6. The van der Waals surface area contributed by atoms with E-state index in [0.717, 1.165) is 25.9 Å². The van der Waals surface area contributed by atoms with Crippen LogP contribution in [0.3, 0.4) is 0 Å². The molecule has 5 heterocycles. The number of methoxy groups -OCH3 is 1. The maximum absolute atomic E-state index is 17.3. The van der Waals surface area contributed by atoms with Crippen molar-refractivity contribution in [3.63, 3.8) is 0 Å². The number of likely N-dealkylation sites (tertiary alicyclic amines) is 2. The molecule has 1 aromatic heterocycles. The van der Waals surface area contributed by atoms with Crippen LogP contribution in [0, 0.1) is 16.7 Å². The van der Waals surface area contributed by atoms with Crippen LogP contribution in [0.25, 0.3) is 0 Å². The van der Waals surface area contributed by atoms with Crippen LogP contribution in [0.2, 0.25) is 18.1 Å². The highest BCUT2D eigenvalue weighted by Crippen LogP contribution is 2.65. The molecule has 0 radical (unpaired) electrons. The number of fused-ring (bicyclic) bond motifs is 5. The van der Waals surface area contributed by atoms with E-state index in [1.165, 1.54) is 37.9 Å². The van der Waals surface area contributed by atoms with Gasteiger partial charge in [0.1, 0.15) is 41.3 Å². The molecule has 4 saturated heterocycles. The Morgan fingerprint density at radius 3 is 2.07 bits per heavy atom. The number of ketones is 1. The van der Waals surface area contributed by atoms with E-state index < -0.39 is 133 Å². The van der Waals surface area contributed by atoms with Crippen LogP contribution in [-0.4, -0.2) is 163 Å². The van der Waals surface area contributed by atoms with Gasteiger partial charge in [-0.2, -0.15) is 0 Å². The normalized spacial score (nSPS) is 31.9. The number of hydrogen-bond donors (Lipinski definition) is 1. The van der Waals surface area contributed by atoms with Crippen LogP contribution in [0.15, 0.2) is 88.8 Å². The van der Waals surface area contributed by atoms with Crippen LogP contribution in [-0.2, 0) is 52.0 Å². The summed E-state index contributed by atoms with van der Waals surface area (Å²) in [5.41, 5.74) is -7.31. The van der Waals surface area contributed by atoms with Gasteiger partial charge >= 0.3 is 30.1 Å². The molecule has 10 rings (SSSR count). The number of esters is 3. The highest BCUT2D eigenvalue weighted by Gasteiger charge is 2.79. The number of benzene rings is 2. The van der Waals surface area contributed by atoms with Crippen molar-refractivity contribution >= 4 is 44.2 Å². The lowest BCUT2D eigenvalue weighted by molar-refractivity contribution is -0.344. The standard InChI is InChI=1S/C66H89N3O17Si/c1-13-87(14-2,15-3)86-48-36-49-65(39-79-49,84-41(5)70)54-56(83-58(72)43-22-18-16-19-23-43)66(76)37-47(40(4)50(63(66,9)10)52(55(71)64(48,54)11)82-60(74)68-33-28-45(29-34-68)67-31-20-17-21-32-67)80-59(73)53-51(44-30-35-78-38-44)69(61(75)85-62(6,7)8)57(81-53)42-24-26-46(77-12)27-25-42/h16,18-19,22-27,30,35,38,45,47-49,51-54,56-57,76H,13-15,17,20-21,28-29,31-34,36-37,39H2,1-12H3/t47-,48-,49+,51-,52+,53+,54?,56-,57?,64+,65-,66+/m0/s1. The van der Waals surface area contributed by atoms with Crippen molar-refractivity contribution in [2.75, 3.05) is 39.9 Å². The summed E-state index contributed by atoms with van der Waals surface area (Å²) in [5, 5.41) is 14.7. The summed E-state index contributed by atoms with van der Waals surface area (Å²) in [7, 11) is -1.20. The van der Waals surface area contributed by atoms with Gasteiger partial charge in [-0.15, -0.1) is 0 Å². The molecule has 2 unspecified atom stereocenters. The second-order valence-electron chi connectivity index (χ2n) is 26.7. The van der Waals surface area contributed by atoms with Crippen molar-refractivity contribution in [2.45, 2.75) is 211 Å². The average Bonchev–Trinajstić information content (AvgIpc) is 0.940. The molecular weight excluding hydrogens is 1130 g/mol. The van der Waals surface area contributed by atoms with Crippen LogP contribution < -0.4 is 4.74 Å². The van der Waals surface area contributed by atoms with Crippen molar-refractivity contribution in [3.8, 4) is 5.75 Å². The smallest absolute Gasteiger partial charge is 0.413 e. The molecule has 6 fully saturated rings. The molecule has 2 amide bonds. The Labute approximate surface area is 511 Å². The molecule has 12 atom stereocenters. The molecule has 3 aromatic rings. The monoisotopic (exact) mass is 1220 g/mol. The van der Waals surface area contributed by atoms with E-state index in [4.69, 9.17) is 46.7 Å². The number of aliphatic hydroxyl groups is 1. The highest BCUT2D eigenvalue weighted by molar-refractivity contribution is 6.73. The molecule has 4 aliphatic heterocycles. The predicted octanol–water partition coefficient (Wildman–Crippen LogP) is 10.4. The van der Waals surface area contributed by atoms with Gasteiger partial charge in [0.05, 0.1) is 49.2 Å². The van der Waals surface area contributed by atoms with Gasteiger partial charge in [-0.25, -0.2) is 19.2 Å². The molecule has 3 aliphatic carbocycles. The molecular formula is C66H89N3O17Si. The lowest BCUT2D eigenvalue weighted by atomic mass is 9.44. The van der Waals surface area contributed by atoms with Crippen molar-refractivity contribution in [1.29, 1.82) is 0 Å². The van der Waals surface area contributed by atoms with Crippen LogP contribution in [0.5, 0.6) is 5.75 Å². The number of amides is 2. The van der Waals surface area contributed by atoms with Gasteiger partial charge in [0.15, 0.2) is 38.1 Å². The highest BCUT2D eigenvalue weighted by atomic mass is 28.4. The maximum atomic E-state index is 17.3. The Bertz CT molecular complexity index is 3030. The zero-order chi connectivity index (χ0) is 62.6. The predicted molar refractivity (Wildman–Crippen MR) is 320 cm³/mol. The van der Waals surface area contributed by atoms with E-state index in [1.807, 2.05) is 0 Å². The first-order chi connectivity index (χ1) is 41.3. The number of piperidine rings is 2. The number of nitrogens with zero attached hydrogens (tertiary/aromatic N) is 3. The van der Waals surface area contributed by atoms with Gasteiger partial charge in [0.2, 0.25) is 0 Å². The van der Waals surface area contributed by atoms with E-state index >= 15 is 19.2 Å². The molecule has 2 aromatic carbocycles. The average molecular weight is 1220 g/mol. The van der Waals surface area contributed by atoms with Crippen LogP contribution in [0.4, 0.5) is 9.59 Å². The third-order valence-electron chi connectivity index (χ3n) is 20.5. The fourth-order valence-electron chi connectivity index (χ4n) is 15.4.